The van der Waals surface area contributed by atoms with E-state index in [0.717, 1.165) is 6.26 Å². The van der Waals surface area contributed by atoms with Crippen molar-refractivity contribution >= 4 is 21.6 Å². The fourth-order valence-electron chi connectivity index (χ4n) is 0.977. The van der Waals surface area contributed by atoms with Crippen LogP contribution in [-0.2, 0) is 14.6 Å². The molecule has 15 heavy (non-hydrogen) atoms. The second-order valence-electron chi connectivity index (χ2n) is 2.93. The number of carboxylic acids is 1. The predicted molar refractivity (Wildman–Crippen MR) is 51.5 cm³/mol. The molecule has 1 aromatic rings. The smallest absolute Gasteiger partial charge is 0.377 e. The van der Waals surface area contributed by atoms with Crippen LogP contribution >= 0.6 is 0 Å². The quantitative estimate of drug-likeness (QED) is 0.596. The minimum Gasteiger partial charge on any atom is -0.475 e. The van der Waals surface area contributed by atoms with E-state index in [4.69, 9.17) is 5.11 Å². The standard InChI is InChI=1S/C9H8O5S/c1-15(13,14)7-4-2-6(3-5-7)8(10)9(11)12/h2-5H,1H3,(H,11,12). The first-order chi connectivity index (χ1) is 6.82. The molecule has 0 unspecified atom stereocenters. The Morgan fingerprint density at radius 1 is 1.13 bits per heavy atom. The Morgan fingerprint density at radius 2 is 1.60 bits per heavy atom. The van der Waals surface area contributed by atoms with E-state index in [2.05, 4.69) is 0 Å². The van der Waals surface area contributed by atoms with Gasteiger partial charge in [0.1, 0.15) is 0 Å². The maximum absolute atomic E-state index is 11.0. The highest BCUT2D eigenvalue weighted by molar-refractivity contribution is 7.90. The molecule has 0 saturated heterocycles. The molecule has 1 N–H and O–H groups in total. The first-order valence-electron chi connectivity index (χ1n) is 3.90. The third kappa shape index (κ3) is 2.63. The molecule has 1 rings (SSSR count). The monoisotopic (exact) mass is 228 g/mol. The average molecular weight is 228 g/mol. The fourth-order valence-corrected chi connectivity index (χ4v) is 1.61. The molecule has 0 aliphatic carbocycles. The number of carbonyl (C=O) groups is 2. The van der Waals surface area contributed by atoms with Gasteiger partial charge in [-0.1, -0.05) is 0 Å². The van der Waals surface area contributed by atoms with Gasteiger partial charge in [0, 0.05) is 11.8 Å². The molecule has 0 heterocycles. The molecule has 0 saturated carbocycles. The summed E-state index contributed by atoms with van der Waals surface area (Å²) in [7, 11) is -3.32. The second-order valence-corrected chi connectivity index (χ2v) is 4.95. The number of carboxylic acid groups (broad SMARTS) is 1. The van der Waals surface area contributed by atoms with Crippen LogP contribution in [-0.4, -0.2) is 31.5 Å². The topological polar surface area (TPSA) is 88.5 Å². The van der Waals surface area contributed by atoms with E-state index in [9.17, 15) is 18.0 Å². The van der Waals surface area contributed by atoms with Gasteiger partial charge in [0.15, 0.2) is 9.84 Å². The lowest BCUT2D eigenvalue weighted by Gasteiger charge is -1.99. The zero-order chi connectivity index (χ0) is 11.6. The predicted octanol–water partition coefficient (Wildman–Crippen LogP) is 0.357. The van der Waals surface area contributed by atoms with Gasteiger partial charge in [0.2, 0.25) is 0 Å². The summed E-state index contributed by atoms with van der Waals surface area (Å²) < 4.78 is 22.1. The Hall–Kier alpha value is -1.69. The van der Waals surface area contributed by atoms with E-state index < -0.39 is 21.6 Å². The van der Waals surface area contributed by atoms with E-state index in [0.29, 0.717) is 0 Å². The van der Waals surface area contributed by atoms with Crippen molar-refractivity contribution in [3.05, 3.63) is 29.8 Å². The number of carbonyl (C=O) groups excluding carboxylic acids is 1. The Bertz CT molecular complexity index is 498. The molecule has 0 atom stereocenters. The van der Waals surface area contributed by atoms with Crippen molar-refractivity contribution in [1.82, 2.24) is 0 Å². The van der Waals surface area contributed by atoms with Crippen LogP contribution in [0.5, 0.6) is 0 Å². The van der Waals surface area contributed by atoms with Gasteiger partial charge < -0.3 is 5.11 Å². The summed E-state index contributed by atoms with van der Waals surface area (Å²) in [6, 6.07) is 4.75. The molecule has 0 fully saturated rings. The number of ketones is 1. The molecule has 0 bridgehead atoms. The normalized spacial score (nSPS) is 11.0. The van der Waals surface area contributed by atoms with Crippen molar-refractivity contribution in [3.8, 4) is 0 Å². The zero-order valence-corrected chi connectivity index (χ0v) is 8.61. The maximum Gasteiger partial charge on any atom is 0.377 e. The minimum absolute atomic E-state index is 0.0458. The van der Waals surface area contributed by atoms with Crippen LogP contribution < -0.4 is 0 Å². The third-order valence-corrected chi connectivity index (χ3v) is 2.87. The highest BCUT2D eigenvalue weighted by atomic mass is 32.2. The third-order valence-electron chi connectivity index (χ3n) is 1.74. The van der Waals surface area contributed by atoms with Crippen molar-refractivity contribution in [2.45, 2.75) is 4.90 Å². The molecule has 6 heteroatoms. The lowest BCUT2D eigenvalue weighted by Crippen LogP contribution is -2.12. The lowest BCUT2D eigenvalue weighted by molar-refractivity contribution is -0.131. The summed E-state index contributed by atoms with van der Waals surface area (Å²) in [5.74, 6) is -2.63. The summed E-state index contributed by atoms with van der Waals surface area (Å²) in [6.07, 6.45) is 1.03. The summed E-state index contributed by atoms with van der Waals surface area (Å²) in [5, 5.41) is 8.40. The molecule has 0 aliphatic rings. The number of sulfone groups is 1. The van der Waals surface area contributed by atoms with Gasteiger partial charge in [-0.05, 0) is 24.3 Å². The van der Waals surface area contributed by atoms with Crippen LogP contribution in [0.1, 0.15) is 10.4 Å². The zero-order valence-electron chi connectivity index (χ0n) is 7.80. The van der Waals surface area contributed by atoms with Crippen molar-refractivity contribution in [2.24, 2.45) is 0 Å². The molecular weight excluding hydrogens is 220 g/mol. The van der Waals surface area contributed by atoms with Crippen LogP contribution in [0.3, 0.4) is 0 Å². The van der Waals surface area contributed by atoms with Gasteiger partial charge in [-0.3, -0.25) is 4.79 Å². The number of hydrogen-bond acceptors (Lipinski definition) is 4. The Kier molecular flexibility index (Phi) is 2.90. The SMILES string of the molecule is CS(=O)(=O)c1ccc(C(=O)C(=O)O)cc1. The summed E-state index contributed by atoms with van der Waals surface area (Å²) in [5.41, 5.74) is -0.0464. The van der Waals surface area contributed by atoms with Crippen molar-refractivity contribution in [1.29, 1.82) is 0 Å². The molecule has 1 aromatic carbocycles. The van der Waals surface area contributed by atoms with Gasteiger partial charge >= 0.3 is 5.97 Å². The van der Waals surface area contributed by atoms with Gasteiger partial charge in [0.05, 0.1) is 4.90 Å². The largest absolute Gasteiger partial charge is 0.475 e. The molecule has 0 spiro atoms. The second kappa shape index (κ2) is 3.82. The fraction of sp³-hybridized carbons (Fsp3) is 0.111. The summed E-state index contributed by atoms with van der Waals surface area (Å²) in [6.45, 7) is 0. The van der Waals surface area contributed by atoms with Gasteiger partial charge in [-0.2, -0.15) is 0 Å². The molecular formula is C9H8O5S. The Labute approximate surface area is 86.3 Å². The number of aliphatic carboxylic acids is 1. The molecule has 0 aliphatic heterocycles. The van der Waals surface area contributed by atoms with Crippen LogP contribution in [0.4, 0.5) is 0 Å². The van der Waals surface area contributed by atoms with Gasteiger partial charge in [-0.25, -0.2) is 13.2 Å². The molecule has 0 aromatic heterocycles. The molecule has 80 valence electrons. The van der Waals surface area contributed by atoms with E-state index in [1.807, 2.05) is 0 Å². The van der Waals surface area contributed by atoms with Crippen LogP contribution in [0.25, 0.3) is 0 Å². The number of Topliss-reactive ketones (excluding diaryl/α,β-unsaturated/α-hetero) is 1. The van der Waals surface area contributed by atoms with Crippen LogP contribution in [0.2, 0.25) is 0 Å². The van der Waals surface area contributed by atoms with Crippen molar-refractivity contribution in [2.75, 3.05) is 6.26 Å². The number of benzene rings is 1. The highest BCUT2D eigenvalue weighted by Crippen LogP contribution is 2.10. The first-order valence-corrected chi connectivity index (χ1v) is 5.79. The first kappa shape index (κ1) is 11.4. The molecule has 5 nitrogen and oxygen atoms in total. The number of rotatable bonds is 3. The summed E-state index contributed by atoms with van der Waals surface area (Å²) in [4.78, 5) is 21.3. The van der Waals surface area contributed by atoms with E-state index >= 15 is 0 Å². The summed E-state index contributed by atoms with van der Waals surface area (Å²) >= 11 is 0. The average Bonchev–Trinajstić information content (AvgIpc) is 2.15. The van der Waals surface area contributed by atoms with Crippen LogP contribution in [0.15, 0.2) is 29.2 Å². The van der Waals surface area contributed by atoms with E-state index in [-0.39, 0.29) is 10.5 Å². The van der Waals surface area contributed by atoms with E-state index in [1.54, 1.807) is 0 Å². The molecule has 0 amide bonds. The van der Waals surface area contributed by atoms with E-state index in [1.165, 1.54) is 24.3 Å². The minimum atomic E-state index is -3.32. The molecule has 0 radical (unpaired) electrons. The van der Waals surface area contributed by atoms with Gasteiger partial charge in [0.25, 0.3) is 5.78 Å². The van der Waals surface area contributed by atoms with Crippen molar-refractivity contribution < 1.29 is 23.1 Å². The maximum atomic E-state index is 11.0. The highest BCUT2D eigenvalue weighted by Gasteiger charge is 2.15. The lowest BCUT2D eigenvalue weighted by atomic mass is 10.1. The van der Waals surface area contributed by atoms with Gasteiger partial charge in [-0.15, -0.1) is 0 Å². The Balaban J connectivity index is 3.12. The number of hydrogen-bond donors (Lipinski definition) is 1. The Morgan fingerprint density at radius 3 is 1.93 bits per heavy atom. The van der Waals surface area contributed by atoms with Crippen molar-refractivity contribution in [3.63, 3.8) is 0 Å². The van der Waals surface area contributed by atoms with Crippen LogP contribution in [0, 0.1) is 0 Å².